The summed E-state index contributed by atoms with van der Waals surface area (Å²) in [6.45, 7) is 2.05. The zero-order chi connectivity index (χ0) is 22.9. The Balaban J connectivity index is 1.66. The highest BCUT2D eigenvalue weighted by Gasteiger charge is 2.42. The van der Waals surface area contributed by atoms with E-state index in [1.807, 2.05) is 47.2 Å². The number of thiocarbonyl (C=S) groups is 1. The van der Waals surface area contributed by atoms with Gasteiger partial charge in [0.1, 0.15) is 6.04 Å². The predicted molar refractivity (Wildman–Crippen MR) is 132 cm³/mol. The third-order valence-electron chi connectivity index (χ3n) is 5.86. The Morgan fingerprint density at radius 3 is 2.55 bits per heavy atom. The van der Waals surface area contributed by atoms with Gasteiger partial charge in [-0.1, -0.05) is 29.8 Å². The van der Waals surface area contributed by atoms with Gasteiger partial charge in [-0.05, 0) is 73.7 Å². The first-order valence-electron chi connectivity index (χ1n) is 10.6. The maximum atomic E-state index is 11.6. The smallest absolute Gasteiger partial charge is 0.335 e. The number of benzene rings is 2. The highest BCUT2D eigenvalue weighted by atomic mass is 32.1. The molecule has 3 heterocycles. The van der Waals surface area contributed by atoms with Crippen molar-refractivity contribution < 1.29 is 9.90 Å². The van der Waals surface area contributed by atoms with E-state index in [2.05, 4.69) is 46.4 Å². The average molecular weight is 455 g/mol. The predicted octanol–water partition coefficient (Wildman–Crippen LogP) is 5.06. The Hall–Kier alpha value is -3.97. The van der Waals surface area contributed by atoms with E-state index in [0.717, 1.165) is 22.8 Å². The number of rotatable bonds is 5. The van der Waals surface area contributed by atoms with Crippen molar-refractivity contribution in [2.75, 3.05) is 4.90 Å². The summed E-state index contributed by atoms with van der Waals surface area (Å²) < 4.78 is 2.02. The quantitative estimate of drug-likeness (QED) is 0.411. The first kappa shape index (κ1) is 20.9. The standard InChI is InChI=1S/C26H22N4O2S/c1-17-10-12-19(13-11-17)30-24(23(28-26(30)33)21-8-2-3-14-27-21)22-9-5-15-29(22)20-7-4-6-18(16-20)25(31)32/h2-16,23-24H,1H3,(H,28,33)(H,31,32). The molecule has 0 bridgehead atoms. The highest BCUT2D eigenvalue weighted by molar-refractivity contribution is 7.80. The molecule has 2 aromatic heterocycles. The number of hydrogen-bond acceptors (Lipinski definition) is 3. The molecule has 6 nitrogen and oxygen atoms in total. The minimum atomic E-state index is -0.957. The van der Waals surface area contributed by atoms with Gasteiger partial charge in [-0.2, -0.15) is 0 Å². The molecule has 1 aliphatic rings. The van der Waals surface area contributed by atoms with Gasteiger partial charge >= 0.3 is 5.97 Å². The van der Waals surface area contributed by atoms with Gasteiger partial charge in [0.25, 0.3) is 0 Å². The first-order chi connectivity index (χ1) is 16.0. The number of nitrogens with zero attached hydrogens (tertiary/aromatic N) is 3. The van der Waals surface area contributed by atoms with Gasteiger partial charge in [-0.15, -0.1) is 0 Å². The molecular formula is C26H22N4O2S. The van der Waals surface area contributed by atoms with Crippen LogP contribution in [0.25, 0.3) is 5.69 Å². The molecule has 2 N–H and O–H groups in total. The van der Waals surface area contributed by atoms with Crippen LogP contribution < -0.4 is 10.2 Å². The van der Waals surface area contributed by atoms with Crippen LogP contribution in [0.3, 0.4) is 0 Å². The van der Waals surface area contributed by atoms with Crippen molar-refractivity contribution in [3.63, 3.8) is 0 Å². The molecule has 5 rings (SSSR count). The Bertz CT molecular complexity index is 1320. The molecule has 33 heavy (non-hydrogen) atoms. The minimum Gasteiger partial charge on any atom is -0.478 e. The van der Waals surface area contributed by atoms with E-state index < -0.39 is 5.97 Å². The van der Waals surface area contributed by atoms with E-state index in [9.17, 15) is 9.90 Å². The van der Waals surface area contributed by atoms with Gasteiger partial charge in [-0.3, -0.25) is 4.98 Å². The van der Waals surface area contributed by atoms with Crippen LogP contribution in [0.5, 0.6) is 0 Å². The maximum absolute atomic E-state index is 11.6. The van der Waals surface area contributed by atoms with E-state index in [-0.39, 0.29) is 17.6 Å². The second kappa shape index (κ2) is 8.52. The van der Waals surface area contributed by atoms with Crippen molar-refractivity contribution in [3.8, 4) is 5.69 Å². The zero-order valence-electron chi connectivity index (χ0n) is 17.9. The van der Waals surface area contributed by atoms with Crippen molar-refractivity contribution in [3.05, 3.63) is 114 Å². The number of pyridine rings is 1. The molecule has 4 aromatic rings. The number of carbonyl (C=O) groups is 1. The van der Waals surface area contributed by atoms with Gasteiger partial charge in [0, 0.05) is 29.5 Å². The number of carboxylic acids is 1. The lowest BCUT2D eigenvalue weighted by Crippen LogP contribution is -2.30. The average Bonchev–Trinajstić information content (AvgIpc) is 3.44. The zero-order valence-corrected chi connectivity index (χ0v) is 18.7. The van der Waals surface area contributed by atoms with Gasteiger partial charge in [0.15, 0.2) is 5.11 Å². The number of aromatic carboxylic acids is 1. The number of nitrogens with one attached hydrogen (secondary N) is 1. The van der Waals surface area contributed by atoms with Crippen LogP contribution in [0.15, 0.2) is 91.3 Å². The monoisotopic (exact) mass is 454 g/mol. The van der Waals surface area contributed by atoms with Crippen LogP contribution in [-0.2, 0) is 0 Å². The summed E-state index contributed by atoms with van der Waals surface area (Å²) in [7, 11) is 0. The molecular weight excluding hydrogens is 432 g/mol. The fourth-order valence-corrected chi connectivity index (χ4v) is 4.64. The molecule has 0 aliphatic carbocycles. The van der Waals surface area contributed by atoms with Gasteiger partial charge in [-0.25, -0.2) is 4.79 Å². The maximum Gasteiger partial charge on any atom is 0.335 e. The minimum absolute atomic E-state index is 0.184. The van der Waals surface area contributed by atoms with Crippen LogP contribution in [0.4, 0.5) is 5.69 Å². The van der Waals surface area contributed by atoms with Crippen molar-refractivity contribution in [2.24, 2.45) is 0 Å². The molecule has 0 radical (unpaired) electrons. The Morgan fingerprint density at radius 1 is 1.00 bits per heavy atom. The summed E-state index contributed by atoms with van der Waals surface area (Å²) in [5.74, 6) is -0.957. The Morgan fingerprint density at radius 2 is 1.82 bits per heavy atom. The van der Waals surface area contributed by atoms with E-state index in [0.29, 0.717) is 5.11 Å². The molecule has 2 aromatic carbocycles. The topological polar surface area (TPSA) is 70.4 Å². The molecule has 0 amide bonds. The number of carboxylic acid groups (broad SMARTS) is 1. The summed E-state index contributed by atoms with van der Waals surface area (Å²) >= 11 is 5.80. The summed E-state index contributed by atoms with van der Waals surface area (Å²) in [4.78, 5) is 18.3. The third kappa shape index (κ3) is 3.87. The Labute approximate surface area is 197 Å². The highest BCUT2D eigenvalue weighted by Crippen LogP contribution is 2.42. The van der Waals surface area contributed by atoms with Gasteiger partial charge < -0.3 is 19.9 Å². The second-order valence-corrected chi connectivity index (χ2v) is 8.38. The van der Waals surface area contributed by atoms with Gasteiger partial charge in [0.2, 0.25) is 0 Å². The summed E-state index contributed by atoms with van der Waals surface area (Å²) in [5, 5.41) is 13.6. The molecule has 1 fully saturated rings. The fraction of sp³-hybridized carbons (Fsp3) is 0.115. The second-order valence-electron chi connectivity index (χ2n) is 7.99. The third-order valence-corrected chi connectivity index (χ3v) is 6.18. The van der Waals surface area contributed by atoms with Crippen LogP contribution in [0, 0.1) is 6.92 Å². The fourth-order valence-electron chi connectivity index (χ4n) is 4.30. The van der Waals surface area contributed by atoms with E-state index in [4.69, 9.17) is 12.2 Å². The number of aromatic nitrogens is 2. The molecule has 2 atom stereocenters. The normalized spacial score (nSPS) is 17.7. The van der Waals surface area contributed by atoms with Crippen LogP contribution in [0.1, 0.15) is 39.4 Å². The first-order valence-corrected chi connectivity index (χ1v) is 11.0. The van der Waals surface area contributed by atoms with E-state index in [1.54, 1.807) is 24.4 Å². The van der Waals surface area contributed by atoms with Crippen molar-refractivity contribution in [2.45, 2.75) is 19.0 Å². The lowest BCUT2D eigenvalue weighted by Gasteiger charge is -2.29. The molecule has 164 valence electrons. The lowest BCUT2D eigenvalue weighted by atomic mass is 10.0. The molecule has 1 saturated heterocycles. The van der Waals surface area contributed by atoms with Crippen molar-refractivity contribution >= 4 is 29.0 Å². The van der Waals surface area contributed by atoms with E-state index >= 15 is 0 Å². The van der Waals surface area contributed by atoms with Gasteiger partial charge in [0.05, 0.1) is 17.3 Å². The summed E-state index contributed by atoms with van der Waals surface area (Å²) in [5.41, 5.74) is 5.02. The molecule has 7 heteroatoms. The molecule has 0 saturated carbocycles. The number of hydrogen-bond donors (Lipinski definition) is 2. The van der Waals surface area contributed by atoms with Crippen molar-refractivity contribution in [1.82, 2.24) is 14.9 Å². The molecule has 0 spiro atoms. The largest absolute Gasteiger partial charge is 0.478 e. The SMILES string of the molecule is Cc1ccc(N2C(=S)NC(c3ccccn3)C2c2cccn2-c2cccc(C(=O)O)c2)cc1. The van der Waals surface area contributed by atoms with Crippen molar-refractivity contribution in [1.29, 1.82) is 0 Å². The Kier molecular flexibility index (Phi) is 5.40. The van der Waals surface area contributed by atoms with Crippen LogP contribution >= 0.6 is 12.2 Å². The lowest BCUT2D eigenvalue weighted by molar-refractivity contribution is 0.0697. The molecule has 2 unspecified atom stereocenters. The van der Waals surface area contributed by atoms with Crippen LogP contribution in [0.2, 0.25) is 0 Å². The van der Waals surface area contributed by atoms with Crippen LogP contribution in [-0.4, -0.2) is 25.7 Å². The number of anilines is 1. The number of aryl methyl sites for hydroxylation is 1. The summed E-state index contributed by atoms with van der Waals surface area (Å²) in [6, 6.07) is 24.7. The molecule has 1 aliphatic heterocycles. The van der Waals surface area contributed by atoms with E-state index in [1.165, 1.54) is 5.56 Å². The summed E-state index contributed by atoms with van der Waals surface area (Å²) in [6.07, 6.45) is 3.72.